The van der Waals surface area contributed by atoms with Crippen LogP contribution in [-0.2, 0) is 4.79 Å². The van der Waals surface area contributed by atoms with Crippen LogP contribution in [0.15, 0.2) is 0 Å². The molecule has 0 aromatic carbocycles. The van der Waals surface area contributed by atoms with E-state index < -0.39 is 11.5 Å². The minimum atomic E-state index is -0.985. The molecule has 2 N–H and O–H groups in total. The SMILES string of the molecule is CCCC1(C(=O)O)CCCN1C(=O)NC1CCC(C)CC1. The highest BCUT2D eigenvalue weighted by Crippen LogP contribution is 2.34. The third-order valence-corrected chi connectivity index (χ3v) is 5.14. The van der Waals surface area contributed by atoms with Crippen LogP contribution >= 0.6 is 0 Å². The lowest BCUT2D eigenvalue weighted by Crippen LogP contribution is -2.57. The van der Waals surface area contributed by atoms with Crippen LogP contribution in [0.1, 0.15) is 65.2 Å². The number of carboxylic acids is 1. The van der Waals surface area contributed by atoms with Crippen LogP contribution in [0.5, 0.6) is 0 Å². The number of nitrogens with zero attached hydrogens (tertiary/aromatic N) is 1. The number of carboxylic acid groups (broad SMARTS) is 1. The van der Waals surface area contributed by atoms with Gasteiger partial charge in [0, 0.05) is 12.6 Å². The van der Waals surface area contributed by atoms with E-state index in [-0.39, 0.29) is 12.1 Å². The van der Waals surface area contributed by atoms with Crippen molar-refractivity contribution in [2.45, 2.75) is 76.8 Å². The molecule has 0 aromatic heterocycles. The van der Waals surface area contributed by atoms with Crippen molar-refractivity contribution < 1.29 is 14.7 Å². The summed E-state index contributed by atoms with van der Waals surface area (Å²) < 4.78 is 0. The zero-order chi connectivity index (χ0) is 15.5. The molecule has 1 aliphatic heterocycles. The summed E-state index contributed by atoms with van der Waals surface area (Å²) in [6, 6.07) is 0.0327. The van der Waals surface area contributed by atoms with Crippen molar-refractivity contribution in [3.05, 3.63) is 0 Å². The molecule has 2 amide bonds. The number of aliphatic carboxylic acids is 1. The van der Waals surface area contributed by atoms with Crippen molar-refractivity contribution in [1.82, 2.24) is 10.2 Å². The molecule has 1 unspecified atom stereocenters. The van der Waals surface area contributed by atoms with Crippen LogP contribution in [0.2, 0.25) is 0 Å². The van der Waals surface area contributed by atoms with Crippen LogP contribution in [-0.4, -0.2) is 40.1 Å². The molecule has 2 rings (SSSR count). The van der Waals surface area contributed by atoms with Crippen LogP contribution in [0.4, 0.5) is 4.79 Å². The maximum absolute atomic E-state index is 12.5. The summed E-state index contributed by atoms with van der Waals surface area (Å²) in [5.74, 6) is -0.114. The van der Waals surface area contributed by atoms with Crippen molar-refractivity contribution in [1.29, 1.82) is 0 Å². The molecule has 21 heavy (non-hydrogen) atoms. The van der Waals surface area contributed by atoms with Gasteiger partial charge in [0.15, 0.2) is 0 Å². The van der Waals surface area contributed by atoms with E-state index >= 15 is 0 Å². The minimum absolute atomic E-state index is 0.178. The highest BCUT2D eigenvalue weighted by Gasteiger charge is 2.49. The van der Waals surface area contributed by atoms with Crippen molar-refractivity contribution in [3.63, 3.8) is 0 Å². The Kier molecular flexibility index (Phi) is 5.12. The Bertz CT molecular complexity index is 391. The van der Waals surface area contributed by atoms with Gasteiger partial charge in [0.05, 0.1) is 0 Å². The lowest BCUT2D eigenvalue weighted by Gasteiger charge is -2.36. The molecule has 1 saturated heterocycles. The van der Waals surface area contributed by atoms with Crippen LogP contribution in [0.3, 0.4) is 0 Å². The second kappa shape index (κ2) is 6.67. The molecule has 1 aliphatic carbocycles. The molecule has 0 radical (unpaired) electrons. The lowest BCUT2D eigenvalue weighted by atomic mass is 9.87. The second-order valence-electron chi connectivity index (χ2n) is 6.75. The van der Waals surface area contributed by atoms with Gasteiger partial charge in [0.2, 0.25) is 0 Å². The summed E-state index contributed by atoms with van der Waals surface area (Å²) in [5.41, 5.74) is -0.985. The molecule has 5 nitrogen and oxygen atoms in total. The van der Waals surface area contributed by atoms with Crippen molar-refractivity contribution in [2.24, 2.45) is 5.92 Å². The predicted molar refractivity (Wildman–Crippen MR) is 81.2 cm³/mol. The highest BCUT2D eigenvalue weighted by molar-refractivity contribution is 5.87. The number of amides is 2. The van der Waals surface area contributed by atoms with E-state index in [2.05, 4.69) is 12.2 Å². The summed E-state index contributed by atoms with van der Waals surface area (Å²) in [5, 5.41) is 12.7. The van der Waals surface area contributed by atoms with E-state index in [4.69, 9.17) is 0 Å². The number of carbonyl (C=O) groups excluding carboxylic acids is 1. The quantitative estimate of drug-likeness (QED) is 0.838. The number of rotatable bonds is 4. The monoisotopic (exact) mass is 296 g/mol. The van der Waals surface area contributed by atoms with Crippen LogP contribution in [0, 0.1) is 5.92 Å². The number of hydrogen-bond acceptors (Lipinski definition) is 2. The van der Waals surface area contributed by atoms with Gasteiger partial charge in [-0.05, 0) is 50.9 Å². The Balaban J connectivity index is 2.01. The second-order valence-corrected chi connectivity index (χ2v) is 6.75. The average Bonchev–Trinajstić information content (AvgIpc) is 2.87. The Morgan fingerprint density at radius 3 is 2.52 bits per heavy atom. The molecular formula is C16H28N2O3. The van der Waals surface area contributed by atoms with E-state index in [1.165, 1.54) is 0 Å². The molecule has 2 fully saturated rings. The smallest absolute Gasteiger partial charge is 0.329 e. The Hall–Kier alpha value is -1.26. The third kappa shape index (κ3) is 3.33. The molecule has 1 heterocycles. The van der Waals surface area contributed by atoms with E-state index in [9.17, 15) is 14.7 Å². The van der Waals surface area contributed by atoms with Crippen LogP contribution < -0.4 is 5.32 Å². The van der Waals surface area contributed by atoms with Crippen LogP contribution in [0.25, 0.3) is 0 Å². The largest absolute Gasteiger partial charge is 0.479 e. The number of urea groups is 1. The minimum Gasteiger partial charge on any atom is -0.479 e. The average molecular weight is 296 g/mol. The van der Waals surface area contributed by atoms with E-state index in [1.54, 1.807) is 4.90 Å². The van der Waals surface area contributed by atoms with Gasteiger partial charge in [-0.2, -0.15) is 0 Å². The number of carbonyl (C=O) groups is 2. The maximum atomic E-state index is 12.5. The van der Waals surface area contributed by atoms with Gasteiger partial charge in [-0.1, -0.05) is 20.3 Å². The zero-order valence-corrected chi connectivity index (χ0v) is 13.2. The van der Waals surface area contributed by atoms with Gasteiger partial charge in [-0.15, -0.1) is 0 Å². The summed E-state index contributed by atoms with van der Waals surface area (Å²) in [4.78, 5) is 25.9. The maximum Gasteiger partial charge on any atom is 0.329 e. The number of likely N-dealkylation sites (tertiary alicyclic amines) is 1. The van der Waals surface area contributed by atoms with E-state index in [1.807, 2.05) is 6.92 Å². The fraction of sp³-hybridized carbons (Fsp3) is 0.875. The molecule has 0 aromatic rings. The summed E-state index contributed by atoms with van der Waals surface area (Å²) in [6.07, 6.45) is 6.97. The molecular weight excluding hydrogens is 268 g/mol. The molecule has 120 valence electrons. The molecule has 2 aliphatic rings. The molecule has 5 heteroatoms. The summed E-state index contributed by atoms with van der Waals surface area (Å²) in [6.45, 7) is 4.78. The fourth-order valence-electron chi connectivity index (χ4n) is 3.83. The number of nitrogens with one attached hydrogen (secondary N) is 1. The number of hydrogen-bond donors (Lipinski definition) is 2. The van der Waals surface area contributed by atoms with Crippen molar-refractivity contribution in [3.8, 4) is 0 Å². The van der Waals surface area contributed by atoms with Gasteiger partial charge < -0.3 is 15.3 Å². The Morgan fingerprint density at radius 2 is 1.95 bits per heavy atom. The standard InChI is InChI=1S/C16H28N2O3/c1-3-9-16(14(19)20)10-4-11-18(16)15(21)17-13-7-5-12(2)6-8-13/h12-13H,3-11H2,1-2H3,(H,17,21)(H,19,20). The molecule has 0 spiro atoms. The first-order valence-electron chi connectivity index (χ1n) is 8.31. The highest BCUT2D eigenvalue weighted by atomic mass is 16.4. The van der Waals surface area contributed by atoms with Gasteiger partial charge in [-0.3, -0.25) is 0 Å². The zero-order valence-electron chi connectivity index (χ0n) is 13.2. The molecule has 1 saturated carbocycles. The van der Waals surface area contributed by atoms with Crippen molar-refractivity contribution in [2.75, 3.05) is 6.54 Å². The van der Waals surface area contributed by atoms with Gasteiger partial charge in [-0.25, -0.2) is 9.59 Å². The molecule has 1 atom stereocenters. The first-order valence-corrected chi connectivity index (χ1v) is 8.31. The van der Waals surface area contributed by atoms with Gasteiger partial charge >= 0.3 is 12.0 Å². The normalized spacial score (nSPS) is 33.0. The van der Waals surface area contributed by atoms with Crippen molar-refractivity contribution >= 4 is 12.0 Å². The Labute approximate surface area is 127 Å². The summed E-state index contributed by atoms with van der Waals surface area (Å²) >= 11 is 0. The van der Waals surface area contributed by atoms with E-state index in [0.717, 1.165) is 44.4 Å². The fourth-order valence-corrected chi connectivity index (χ4v) is 3.83. The Morgan fingerprint density at radius 1 is 1.29 bits per heavy atom. The summed E-state index contributed by atoms with van der Waals surface area (Å²) in [7, 11) is 0. The molecule has 0 bridgehead atoms. The topological polar surface area (TPSA) is 69.6 Å². The van der Waals surface area contributed by atoms with Gasteiger partial charge in [0.1, 0.15) is 5.54 Å². The van der Waals surface area contributed by atoms with E-state index in [0.29, 0.717) is 19.4 Å². The predicted octanol–water partition coefficient (Wildman–Crippen LogP) is 2.99. The first-order chi connectivity index (χ1) is 9.99. The third-order valence-electron chi connectivity index (χ3n) is 5.14. The van der Waals surface area contributed by atoms with Gasteiger partial charge in [0.25, 0.3) is 0 Å². The first kappa shape index (κ1) is 16.1. The lowest BCUT2D eigenvalue weighted by molar-refractivity contribution is -0.148.